The van der Waals surface area contributed by atoms with Gasteiger partial charge in [-0.15, -0.1) is 11.3 Å². The Labute approximate surface area is 161 Å². The number of hydrogen-bond donors (Lipinski definition) is 1. The normalized spacial score (nSPS) is 11.0. The highest BCUT2D eigenvalue weighted by atomic mass is 35.5. The highest BCUT2D eigenvalue weighted by Crippen LogP contribution is 2.37. The third kappa shape index (κ3) is 3.18. The molecule has 0 aliphatic carbocycles. The second kappa shape index (κ2) is 7.06. The molecule has 4 rings (SSSR count). The highest BCUT2D eigenvalue weighted by Gasteiger charge is 2.14. The van der Waals surface area contributed by atoms with Crippen LogP contribution in [0, 0.1) is 6.92 Å². The average Bonchev–Trinajstić information content (AvgIpc) is 3.08. The van der Waals surface area contributed by atoms with E-state index in [4.69, 9.17) is 11.6 Å². The molecular weight excluding hydrogens is 362 g/mol. The van der Waals surface area contributed by atoms with Crippen molar-refractivity contribution in [2.45, 2.75) is 20.3 Å². The first kappa shape index (κ1) is 17.0. The average molecular weight is 380 g/mol. The summed E-state index contributed by atoms with van der Waals surface area (Å²) in [6.07, 6.45) is 0.949. The molecule has 0 radical (unpaired) electrons. The number of benzene rings is 2. The summed E-state index contributed by atoms with van der Waals surface area (Å²) in [4.78, 5) is 10.9. The number of nitrogens with zero attached hydrogens (tertiary/aromatic N) is 2. The van der Waals surface area contributed by atoms with Crippen LogP contribution in [-0.4, -0.2) is 9.97 Å². The van der Waals surface area contributed by atoms with Crippen molar-refractivity contribution in [3.63, 3.8) is 0 Å². The number of anilines is 2. The van der Waals surface area contributed by atoms with E-state index in [0.717, 1.165) is 33.0 Å². The molecule has 2 heterocycles. The van der Waals surface area contributed by atoms with Crippen LogP contribution in [0.1, 0.15) is 18.1 Å². The molecule has 4 aromatic rings. The summed E-state index contributed by atoms with van der Waals surface area (Å²) in [5, 5.41) is 4.76. The molecular formula is C21H18ClN3S. The number of hydrogen-bond acceptors (Lipinski definition) is 4. The van der Waals surface area contributed by atoms with Crippen LogP contribution in [0.5, 0.6) is 0 Å². The van der Waals surface area contributed by atoms with Crippen LogP contribution in [0.2, 0.25) is 5.28 Å². The molecule has 2 aromatic heterocycles. The Bertz CT molecular complexity index is 1070. The van der Waals surface area contributed by atoms with Gasteiger partial charge in [0.1, 0.15) is 10.6 Å². The molecule has 0 saturated carbocycles. The fraction of sp³-hybridized carbons (Fsp3) is 0.143. The Hall–Kier alpha value is -2.43. The minimum absolute atomic E-state index is 0.257. The molecule has 0 spiro atoms. The Kier molecular flexibility index (Phi) is 4.62. The van der Waals surface area contributed by atoms with Gasteiger partial charge in [-0.3, -0.25) is 0 Å². The van der Waals surface area contributed by atoms with E-state index < -0.39 is 0 Å². The topological polar surface area (TPSA) is 37.8 Å². The van der Waals surface area contributed by atoms with Crippen LogP contribution >= 0.6 is 22.9 Å². The Balaban J connectivity index is 1.84. The van der Waals surface area contributed by atoms with Crippen molar-refractivity contribution in [1.29, 1.82) is 0 Å². The van der Waals surface area contributed by atoms with Crippen LogP contribution in [0.25, 0.3) is 20.7 Å². The number of para-hydroxylation sites is 1. The number of aromatic nitrogens is 2. The summed E-state index contributed by atoms with van der Waals surface area (Å²) in [5.74, 6) is 0.752. The monoisotopic (exact) mass is 379 g/mol. The van der Waals surface area contributed by atoms with Gasteiger partial charge in [-0.2, -0.15) is 4.98 Å². The highest BCUT2D eigenvalue weighted by molar-refractivity contribution is 7.22. The summed E-state index contributed by atoms with van der Waals surface area (Å²) in [7, 11) is 0. The van der Waals surface area contributed by atoms with Crippen molar-refractivity contribution in [2.75, 3.05) is 5.32 Å². The lowest BCUT2D eigenvalue weighted by atomic mass is 10.1. The largest absolute Gasteiger partial charge is 0.339 e. The summed E-state index contributed by atoms with van der Waals surface area (Å²) in [6.45, 7) is 4.26. The van der Waals surface area contributed by atoms with E-state index in [0.29, 0.717) is 0 Å². The van der Waals surface area contributed by atoms with Crippen LogP contribution in [-0.2, 0) is 6.42 Å². The standard InChI is InChI=1S/C21H18ClN3S/c1-3-14-11-7-8-13(2)18(14)23-19-16-12-17(15-9-5-4-6-10-15)26-20(16)25-21(22)24-19/h4-12H,3H2,1-2H3,(H,23,24,25). The van der Waals surface area contributed by atoms with Crippen LogP contribution in [0.3, 0.4) is 0 Å². The molecule has 26 heavy (non-hydrogen) atoms. The molecule has 3 nitrogen and oxygen atoms in total. The zero-order valence-electron chi connectivity index (χ0n) is 14.6. The molecule has 0 atom stereocenters. The summed E-state index contributed by atoms with van der Waals surface area (Å²) >= 11 is 7.83. The maximum absolute atomic E-state index is 6.20. The van der Waals surface area contributed by atoms with Crippen molar-refractivity contribution in [1.82, 2.24) is 9.97 Å². The predicted molar refractivity (Wildman–Crippen MR) is 112 cm³/mol. The minimum Gasteiger partial charge on any atom is -0.339 e. The van der Waals surface area contributed by atoms with Gasteiger partial charge in [0.25, 0.3) is 0 Å². The lowest BCUT2D eigenvalue weighted by molar-refractivity contribution is 1.13. The van der Waals surface area contributed by atoms with E-state index in [1.807, 2.05) is 18.2 Å². The van der Waals surface area contributed by atoms with Crippen LogP contribution in [0.15, 0.2) is 54.6 Å². The van der Waals surface area contributed by atoms with Crippen LogP contribution < -0.4 is 5.32 Å². The quantitative estimate of drug-likeness (QED) is 0.404. The molecule has 2 aromatic carbocycles. The van der Waals surface area contributed by atoms with Crippen molar-refractivity contribution in [3.05, 3.63) is 71.0 Å². The maximum Gasteiger partial charge on any atom is 0.225 e. The minimum atomic E-state index is 0.257. The number of nitrogens with one attached hydrogen (secondary N) is 1. The molecule has 0 aliphatic heterocycles. The number of aryl methyl sites for hydroxylation is 2. The number of fused-ring (bicyclic) bond motifs is 1. The van der Waals surface area contributed by atoms with Gasteiger partial charge in [0.15, 0.2) is 0 Å². The Morgan fingerprint density at radius 3 is 2.62 bits per heavy atom. The van der Waals surface area contributed by atoms with E-state index in [1.54, 1.807) is 11.3 Å². The van der Waals surface area contributed by atoms with E-state index in [1.165, 1.54) is 16.7 Å². The fourth-order valence-electron chi connectivity index (χ4n) is 3.06. The van der Waals surface area contributed by atoms with Gasteiger partial charge < -0.3 is 5.32 Å². The Morgan fingerprint density at radius 2 is 1.85 bits per heavy atom. The lowest BCUT2D eigenvalue weighted by Crippen LogP contribution is -2.01. The first-order valence-corrected chi connectivity index (χ1v) is 9.73. The number of thiophene rings is 1. The number of halogens is 1. The molecule has 0 unspecified atom stereocenters. The van der Waals surface area contributed by atoms with Crippen molar-refractivity contribution in [2.24, 2.45) is 0 Å². The third-order valence-corrected chi connectivity index (χ3v) is 5.65. The van der Waals surface area contributed by atoms with Gasteiger partial charge in [-0.05, 0) is 47.7 Å². The molecule has 0 bridgehead atoms. The second-order valence-corrected chi connectivity index (χ2v) is 7.49. The van der Waals surface area contributed by atoms with Gasteiger partial charge in [-0.1, -0.05) is 55.5 Å². The number of rotatable bonds is 4. The molecule has 5 heteroatoms. The van der Waals surface area contributed by atoms with Crippen LogP contribution in [0.4, 0.5) is 11.5 Å². The smallest absolute Gasteiger partial charge is 0.225 e. The van der Waals surface area contributed by atoms with Gasteiger partial charge in [0.05, 0.1) is 5.39 Å². The summed E-state index contributed by atoms with van der Waals surface area (Å²) < 4.78 is 0. The molecule has 1 N–H and O–H groups in total. The van der Waals surface area contributed by atoms with Gasteiger partial charge in [-0.25, -0.2) is 4.98 Å². The summed E-state index contributed by atoms with van der Waals surface area (Å²) in [6, 6.07) is 18.8. The van der Waals surface area contributed by atoms with E-state index in [9.17, 15) is 0 Å². The first-order valence-electron chi connectivity index (χ1n) is 8.53. The molecule has 0 saturated heterocycles. The first-order chi connectivity index (χ1) is 12.7. The molecule has 0 amide bonds. The molecule has 130 valence electrons. The van der Waals surface area contributed by atoms with E-state index in [-0.39, 0.29) is 5.28 Å². The van der Waals surface area contributed by atoms with E-state index >= 15 is 0 Å². The fourth-order valence-corrected chi connectivity index (χ4v) is 4.31. The van der Waals surface area contributed by atoms with Gasteiger partial charge in [0, 0.05) is 10.6 Å². The lowest BCUT2D eigenvalue weighted by Gasteiger charge is -2.14. The van der Waals surface area contributed by atoms with Crippen molar-refractivity contribution >= 4 is 44.7 Å². The predicted octanol–water partition coefficient (Wildman–Crippen LogP) is 6.63. The van der Waals surface area contributed by atoms with Crippen molar-refractivity contribution < 1.29 is 0 Å². The van der Waals surface area contributed by atoms with Crippen molar-refractivity contribution in [3.8, 4) is 10.4 Å². The summed E-state index contributed by atoms with van der Waals surface area (Å²) in [5.41, 5.74) is 4.71. The zero-order chi connectivity index (χ0) is 18.1. The van der Waals surface area contributed by atoms with Gasteiger partial charge in [0.2, 0.25) is 5.28 Å². The Morgan fingerprint density at radius 1 is 1.04 bits per heavy atom. The SMILES string of the molecule is CCc1cccc(C)c1Nc1nc(Cl)nc2sc(-c3ccccc3)cc12. The maximum atomic E-state index is 6.20. The second-order valence-electron chi connectivity index (χ2n) is 6.12. The molecule has 0 aliphatic rings. The zero-order valence-corrected chi connectivity index (χ0v) is 16.2. The molecule has 0 fully saturated rings. The van der Waals surface area contributed by atoms with Gasteiger partial charge >= 0.3 is 0 Å². The third-order valence-electron chi connectivity index (χ3n) is 4.41. The van der Waals surface area contributed by atoms with E-state index in [2.05, 4.69) is 65.5 Å².